The topological polar surface area (TPSA) is 429 Å². The number of nitrogen functional groups attached to an aromatic ring is 1. The van der Waals surface area contributed by atoms with Crippen molar-refractivity contribution in [3.05, 3.63) is 108 Å². The first-order valence-corrected chi connectivity index (χ1v) is 19.6. The number of ether oxygens (including phenoxy) is 1. The van der Waals surface area contributed by atoms with E-state index in [9.17, 15) is 77.8 Å². The highest BCUT2D eigenvalue weighted by Crippen LogP contribution is 2.35. The summed E-state index contributed by atoms with van der Waals surface area (Å²) in [6.07, 6.45) is 0.0496. The molecule has 0 saturated carbocycles. The van der Waals surface area contributed by atoms with Gasteiger partial charge in [-0.1, -0.05) is 18.2 Å². The van der Waals surface area contributed by atoms with Crippen molar-refractivity contribution in [3.8, 4) is 0 Å². The maximum absolute atomic E-state index is 12.4. The summed E-state index contributed by atoms with van der Waals surface area (Å²) in [5.41, 5.74) is 12.9. The van der Waals surface area contributed by atoms with Gasteiger partial charge < -0.3 is 21.9 Å². The molecule has 68 heavy (non-hydrogen) atoms. The summed E-state index contributed by atoms with van der Waals surface area (Å²) in [6, 6.07) is 7.83. The molecule has 350 valence electrons. The lowest BCUT2D eigenvalue weighted by molar-refractivity contribution is -0.385. The Labute approximate surface area is 377 Å². The fourth-order valence-corrected chi connectivity index (χ4v) is 7.75. The number of anilines is 1. The predicted octanol–water partition coefficient (Wildman–Crippen LogP) is -0.887. The summed E-state index contributed by atoms with van der Waals surface area (Å²) in [5, 5.41) is 26.2. The molecule has 6 aliphatic rings. The van der Waals surface area contributed by atoms with Gasteiger partial charge in [-0.15, -0.1) is 0 Å². The smallest absolute Gasteiger partial charge is 0.337 e. The van der Waals surface area contributed by atoms with Crippen molar-refractivity contribution in [1.29, 1.82) is 0 Å². The minimum absolute atomic E-state index is 0.00390. The molecule has 0 aromatic heterocycles. The van der Waals surface area contributed by atoms with Crippen molar-refractivity contribution in [2.75, 3.05) is 5.73 Å². The van der Waals surface area contributed by atoms with Crippen molar-refractivity contribution in [2.45, 2.75) is 56.7 Å². The molecule has 3 unspecified atom stereocenters. The summed E-state index contributed by atoms with van der Waals surface area (Å²) < 4.78 is 4.43. The number of nitrogens with two attached hydrogens (primary N) is 3. The quantitative estimate of drug-likeness (QED) is 0.0394. The number of nitrogens with zero attached hydrogens (tertiary/aromatic N) is 5. The van der Waals surface area contributed by atoms with Gasteiger partial charge in [0.15, 0.2) is 0 Å². The Morgan fingerprint density at radius 1 is 0.544 bits per heavy atom. The Hall–Kier alpha value is -9.63. The number of imide groups is 5. The van der Waals surface area contributed by atoms with E-state index in [-0.39, 0.29) is 77.6 Å². The zero-order valence-corrected chi connectivity index (χ0v) is 34.5. The van der Waals surface area contributed by atoms with Crippen LogP contribution in [-0.2, 0) is 33.5 Å². The lowest BCUT2D eigenvalue weighted by Crippen LogP contribution is -2.54. The average molecular weight is 945 g/mol. The molecule has 9 rings (SSSR count). The highest BCUT2D eigenvalue weighted by atomic mass is 16.6. The van der Waals surface area contributed by atoms with E-state index in [0.717, 1.165) is 17.0 Å². The van der Waals surface area contributed by atoms with Crippen LogP contribution in [0.1, 0.15) is 101 Å². The number of amides is 12. The molecular weight excluding hydrogens is 912 g/mol. The molecule has 3 atom stereocenters. The normalized spacial score (nSPS) is 20.4. The van der Waals surface area contributed by atoms with Crippen LogP contribution in [0.25, 0.3) is 0 Å². The second-order valence-corrected chi connectivity index (χ2v) is 14.8. The van der Waals surface area contributed by atoms with E-state index < -0.39 is 116 Å². The SMILES string of the molecule is Nc1cccc2c1C(=O)N(C1CCC(=O)[15NH]C1=O)C2=O.O=C1CCC(N2C(=O)c3cccc([N+](=O)[O-])c3C2=O)C(=O)O1.O=C1CCC(N2C(=O)c3cccc([N+](=O)[O-])c3C2=O)C(=O)[15NH]1.[15NH2]C([15NH2])=O. The number of esters is 2. The summed E-state index contributed by atoms with van der Waals surface area (Å²) in [7, 11) is 0. The number of primary amides is 2. The van der Waals surface area contributed by atoms with Gasteiger partial charge in [0.2, 0.25) is 23.6 Å². The van der Waals surface area contributed by atoms with E-state index in [0.29, 0.717) is 9.80 Å². The van der Waals surface area contributed by atoms with Crippen LogP contribution in [0.5, 0.6) is 0 Å². The molecule has 0 radical (unpaired) electrons. The van der Waals surface area contributed by atoms with Crippen LogP contribution in [0.15, 0.2) is 54.6 Å². The van der Waals surface area contributed by atoms with Gasteiger partial charge in [0, 0.05) is 37.1 Å². The first-order valence-electron chi connectivity index (χ1n) is 19.6. The number of benzene rings is 3. The summed E-state index contributed by atoms with van der Waals surface area (Å²) in [4.78, 5) is 174. The zero-order valence-electron chi connectivity index (χ0n) is 34.5. The van der Waals surface area contributed by atoms with Crippen molar-refractivity contribution in [3.63, 3.8) is 0 Å². The second-order valence-electron chi connectivity index (χ2n) is 14.8. The fraction of sp³-hybridized carbons (Fsp3) is 0.225. The second kappa shape index (κ2) is 18.8. The molecule has 3 fully saturated rings. The number of carbonyl (C=O) groups is 13. The highest BCUT2D eigenvalue weighted by molar-refractivity contribution is 6.27. The number of piperidine rings is 2. The lowest BCUT2D eigenvalue weighted by Gasteiger charge is -2.27. The molecule has 3 aromatic rings. The molecule has 6 aliphatic heterocycles. The van der Waals surface area contributed by atoms with Gasteiger partial charge in [-0.3, -0.25) is 98.3 Å². The van der Waals surface area contributed by atoms with E-state index in [4.69, 9.17) is 10.5 Å². The van der Waals surface area contributed by atoms with E-state index in [1.165, 1.54) is 36.4 Å². The van der Waals surface area contributed by atoms with E-state index in [1.54, 1.807) is 6.07 Å². The monoisotopic (exact) mass is 944 g/mol. The third-order valence-corrected chi connectivity index (χ3v) is 10.7. The van der Waals surface area contributed by atoms with E-state index in [2.05, 4.69) is 26.8 Å². The Morgan fingerprint density at radius 2 is 0.897 bits per heavy atom. The molecule has 0 bridgehead atoms. The zero-order chi connectivity index (χ0) is 50.0. The Bertz CT molecular complexity index is 2750. The van der Waals surface area contributed by atoms with Crippen LogP contribution in [0.4, 0.5) is 21.9 Å². The van der Waals surface area contributed by atoms with Crippen molar-refractivity contribution in [1.82, 2.24) is 25.3 Å². The van der Waals surface area contributed by atoms with Crippen LogP contribution in [0, 0.1) is 20.2 Å². The van der Waals surface area contributed by atoms with Gasteiger partial charge in [-0.2, -0.15) is 0 Å². The first-order chi connectivity index (χ1) is 32.1. The highest BCUT2D eigenvalue weighted by Gasteiger charge is 2.50. The summed E-state index contributed by atoms with van der Waals surface area (Å²) >= 11 is 0. The molecule has 12 amide bonds. The molecule has 0 aliphatic carbocycles. The Kier molecular flexibility index (Phi) is 13.3. The molecule has 8 N–H and O–H groups in total. The average Bonchev–Trinajstić information content (AvgIpc) is 3.79. The number of hydrogen-bond acceptors (Lipinski definition) is 19. The number of rotatable bonds is 5. The number of carbonyl (C=O) groups excluding carboxylic acids is 13. The molecule has 6 heterocycles. The third-order valence-electron chi connectivity index (χ3n) is 10.7. The minimum Gasteiger partial charge on any atom is -0.398 e. The summed E-state index contributed by atoms with van der Waals surface area (Å²) in [6.45, 7) is 0. The van der Waals surface area contributed by atoms with Crippen LogP contribution in [-0.4, -0.2) is 120 Å². The lowest BCUT2D eigenvalue weighted by atomic mass is 10.1. The maximum Gasteiger partial charge on any atom is 0.337 e. The number of hydrogen-bond donors (Lipinski definition) is 5. The Morgan fingerprint density at radius 3 is 1.26 bits per heavy atom. The number of nitro benzene ring substituents is 2. The predicted molar refractivity (Wildman–Crippen MR) is 219 cm³/mol. The fourth-order valence-electron chi connectivity index (χ4n) is 7.75. The third kappa shape index (κ3) is 8.90. The van der Waals surface area contributed by atoms with Gasteiger partial charge in [-0.25, -0.2) is 9.59 Å². The van der Waals surface area contributed by atoms with E-state index >= 15 is 0 Å². The van der Waals surface area contributed by atoms with Gasteiger partial charge in [0.25, 0.3) is 46.8 Å². The number of fused-ring (bicyclic) bond motifs is 3. The van der Waals surface area contributed by atoms with E-state index in [1.807, 2.05) is 0 Å². The van der Waals surface area contributed by atoms with Crippen LogP contribution in [0.2, 0.25) is 0 Å². The Balaban J connectivity index is 0.000000162. The van der Waals surface area contributed by atoms with Crippen LogP contribution in [0.3, 0.4) is 0 Å². The minimum atomic E-state index is -1.25. The van der Waals surface area contributed by atoms with Gasteiger partial charge in [0.1, 0.15) is 29.3 Å². The van der Waals surface area contributed by atoms with Crippen molar-refractivity contribution >= 4 is 94.1 Å². The van der Waals surface area contributed by atoms with Crippen molar-refractivity contribution < 1.29 is 76.9 Å². The molecule has 28 heteroatoms. The first kappa shape index (κ1) is 47.8. The summed E-state index contributed by atoms with van der Waals surface area (Å²) in [5.74, 6) is -8.53. The largest absolute Gasteiger partial charge is 0.398 e. The van der Waals surface area contributed by atoms with Gasteiger partial charge in [-0.05, 0) is 43.5 Å². The maximum atomic E-state index is 12.4. The molecule has 28 nitrogen and oxygen atoms in total. The number of nitro groups is 2. The molecular formula is C40H32N10O18. The number of cyclic esters (lactones) is 2. The molecule has 3 aromatic carbocycles. The van der Waals surface area contributed by atoms with Crippen LogP contribution < -0.4 is 27.8 Å². The standard InChI is InChI=1S/C13H9N3O6.C13H11N3O4.C13H8N2O7.CH4N2O/c17-9-5-4-8(11(18)14-9)15-12(19)6-2-1-3-7(16(21)22)10(6)13(15)20;14-7-3-1-2-6-10(7)13(20)16(12(6)19)8-4-5-9(17)15-11(8)18;16-9-5-4-8(13(19)22-9)14-11(17)6-2-1-3-7(15(20)21)10(6)12(14)18;2-1(3)4/h1-3,8H,4-5H2,(H,14,17,18);1-3,8H,4-5,14H2,(H,15,17,18);1-3,8H,4-5H2;(H4,2,3,4)/i14+1;15+1;;2+1,3+1. The van der Waals surface area contributed by atoms with Gasteiger partial charge in [0.05, 0.1) is 32.1 Å². The number of urea groups is 1. The molecule has 0 spiro atoms. The van der Waals surface area contributed by atoms with Crippen molar-refractivity contribution in [2.24, 2.45) is 11.5 Å². The van der Waals surface area contributed by atoms with Gasteiger partial charge >= 0.3 is 18.0 Å². The molecule has 3 saturated heterocycles. The number of nitrogens with one attached hydrogen (secondary N) is 2. The van der Waals surface area contributed by atoms with Crippen LogP contribution >= 0.6 is 0 Å².